The number of nitrogens with zero attached hydrogens (tertiary/aromatic N) is 2. The standard InChI is InChI=1S/C22H24NO.C21H22NO.6Y/c1-13-10-19(24)14(2)21-18-11-15-8-6-7-9-16(15)17(18)12-20(23(13)21)22(3,4)5;1-12(2)19-11-17-16-8-6-5-7-15(16)10-18(17)21-14(4)20(23)9-13(3)22(19)21;;;;;;/h6-9,20H,11-12H2,1-5H3;5-8,12,19H,10-11H2,1-4H3;;;;;;/q2*-1;;;;;;. The number of pyridine rings is 2. The molecule has 260 valence electrons. The molecule has 2 aromatic heterocycles. The van der Waals surface area contributed by atoms with Crippen molar-refractivity contribution in [1.29, 1.82) is 0 Å². The van der Waals surface area contributed by atoms with Crippen molar-refractivity contribution in [3.63, 3.8) is 0 Å². The first-order valence-electron chi connectivity index (χ1n) is 17.2. The smallest absolute Gasteiger partial charge is 0.0395 e. The van der Waals surface area contributed by atoms with E-state index < -0.39 is 0 Å². The average molecular weight is 1160 g/mol. The molecule has 53 heavy (non-hydrogen) atoms. The van der Waals surface area contributed by atoms with Crippen molar-refractivity contribution in [3.05, 3.63) is 137 Å². The Labute approximate surface area is 467 Å². The number of allylic oxidation sites excluding steroid dienone is 4. The predicted octanol–water partition coefficient (Wildman–Crippen LogP) is 9.04. The summed E-state index contributed by atoms with van der Waals surface area (Å²) in [6, 6.07) is 24.2. The fourth-order valence-electron chi connectivity index (χ4n) is 8.69. The van der Waals surface area contributed by atoms with Crippen LogP contribution in [0, 0.1) is 51.2 Å². The first kappa shape index (κ1) is 53.5. The van der Waals surface area contributed by atoms with Crippen LogP contribution < -0.4 is 10.9 Å². The van der Waals surface area contributed by atoms with Crippen LogP contribution in [0.25, 0.3) is 22.3 Å². The Balaban J connectivity index is 0.000000476. The zero-order chi connectivity index (χ0) is 33.5. The summed E-state index contributed by atoms with van der Waals surface area (Å²) in [5.74, 6) is 0.518. The summed E-state index contributed by atoms with van der Waals surface area (Å²) >= 11 is 0. The van der Waals surface area contributed by atoms with Gasteiger partial charge in [-0.1, -0.05) is 94.5 Å². The number of benzene rings is 2. The molecule has 6 radical (unpaired) electrons. The van der Waals surface area contributed by atoms with E-state index in [2.05, 4.69) is 104 Å². The van der Waals surface area contributed by atoms with Gasteiger partial charge in [-0.2, -0.15) is 12.1 Å². The van der Waals surface area contributed by atoms with Gasteiger partial charge >= 0.3 is 0 Å². The van der Waals surface area contributed by atoms with E-state index in [0.29, 0.717) is 18.0 Å². The molecule has 4 heterocycles. The monoisotopic (exact) mass is 1160 g/mol. The van der Waals surface area contributed by atoms with E-state index >= 15 is 0 Å². The van der Waals surface area contributed by atoms with Crippen LogP contribution in [0.4, 0.5) is 0 Å². The zero-order valence-corrected chi connectivity index (χ0v) is 49.9. The predicted molar refractivity (Wildman–Crippen MR) is 194 cm³/mol. The van der Waals surface area contributed by atoms with E-state index in [1.807, 2.05) is 27.7 Å². The molecule has 2 aliphatic heterocycles. The summed E-state index contributed by atoms with van der Waals surface area (Å²) in [5.41, 5.74) is 17.3. The van der Waals surface area contributed by atoms with Gasteiger partial charge in [0, 0.05) is 219 Å². The second kappa shape index (κ2) is 21.3. The first-order valence-corrected chi connectivity index (χ1v) is 17.2. The van der Waals surface area contributed by atoms with E-state index in [9.17, 15) is 9.59 Å². The van der Waals surface area contributed by atoms with Crippen molar-refractivity contribution in [2.24, 2.45) is 11.3 Å². The van der Waals surface area contributed by atoms with Gasteiger partial charge in [0.05, 0.1) is 0 Å². The fraction of sp³-hybridized carbons (Fsp3) is 0.395. The summed E-state index contributed by atoms with van der Waals surface area (Å²) in [6.07, 6.45) is 3.96. The molecule has 2 aromatic carbocycles. The van der Waals surface area contributed by atoms with Gasteiger partial charge in [-0.25, -0.2) is 0 Å². The van der Waals surface area contributed by atoms with Gasteiger partial charge in [0.15, 0.2) is 0 Å². The summed E-state index contributed by atoms with van der Waals surface area (Å²) in [6.45, 7) is 19.4. The Hall–Kier alpha value is 2.44. The normalized spacial score (nSPS) is 16.9. The molecule has 0 amide bonds. The van der Waals surface area contributed by atoms with Gasteiger partial charge in [-0.05, 0) is 107 Å². The van der Waals surface area contributed by atoms with Gasteiger partial charge in [-0.3, -0.25) is 0 Å². The minimum Gasteiger partial charge on any atom is -0.375 e. The molecule has 0 bridgehead atoms. The number of fused-ring (bicyclic) bond motifs is 8. The van der Waals surface area contributed by atoms with E-state index in [-0.39, 0.29) is 213 Å². The van der Waals surface area contributed by atoms with Crippen LogP contribution in [0.5, 0.6) is 0 Å². The van der Waals surface area contributed by atoms with Crippen molar-refractivity contribution in [1.82, 2.24) is 9.13 Å². The quantitative estimate of drug-likeness (QED) is 0.179. The zero-order valence-electron chi connectivity index (χ0n) is 32.9. The second-order valence-electron chi connectivity index (χ2n) is 15.4. The van der Waals surface area contributed by atoms with Crippen molar-refractivity contribution in [2.75, 3.05) is 0 Å². The molecule has 4 nitrogen and oxygen atoms in total. The molecule has 0 saturated heterocycles. The van der Waals surface area contributed by atoms with Crippen molar-refractivity contribution in [3.8, 4) is 0 Å². The van der Waals surface area contributed by atoms with Crippen molar-refractivity contribution < 1.29 is 196 Å². The SMILES string of the molecule is Cc1c2n(c(C)[c-]c1=O)C(C(C)(C)C)CC1=C2Cc2ccccc21.Cc1c2n(c(C)[c-]c1=O)C(C(C)C)CC1=C2Cc2ccccc21.[Y].[Y].[Y].[Y].[Y].[Y]. The molecule has 4 aliphatic rings. The maximum Gasteiger partial charge on any atom is 0.0395 e. The Morgan fingerprint density at radius 1 is 0.604 bits per heavy atom. The van der Waals surface area contributed by atoms with E-state index in [4.69, 9.17) is 0 Å². The number of hydrogen-bond acceptors (Lipinski definition) is 2. The van der Waals surface area contributed by atoms with Crippen LogP contribution in [-0.2, 0) is 209 Å². The number of rotatable bonds is 1. The summed E-state index contributed by atoms with van der Waals surface area (Å²) in [4.78, 5) is 24.8. The molecule has 2 unspecified atom stereocenters. The van der Waals surface area contributed by atoms with Crippen LogP contribution in [-0.4, -0.2) is 9.13 Å². The Morgan fingerprint density at radius 2 is 1.00 bits per heavy atom. The number of hydrogen-bond donors (Lipinski definition) is 0. The van der Waals surface area contributed by atoms with Gasteiger partial charge in [-0.15, -0.1) is 25.0 Å². The summed E-state index contributed by atoms with van der Waals surface area (Å²) in [7, 11) is 0. The molecule has 0 fully saturated rings. The molecule has 0 N–H and O–H groups in total. The van der Waals surface area contributed by atoms with Gasteiger partial charge in [0.1, 0.15) is 0 Å². The third-order valence-electron chi connectivity index (χ3n) is 11.1. The van der Waals surface area contributed by atoms with Crippen LogP contribution in [0.15, 0.2) is 58.1 Å². The van der Waals surface area contributed by atoms with E-state index in [1.165, 1.54) is 44.5 Å². The van der Waals surface area contributed by atoms with E-state index in [1.54, 1.807) is 0 Å². The minimum absolute atomic E-state index is 0. The Morgan fingerprint density at radius 3 is 1.43 bits per heavy atom. The minimum atomic E-state index is 0. The largest absolute Gasteiger partial charge is 0.375 e. The van der Waals surface area contributed by atoms with Crippen LogP contribution in [0.1, 0.15) is 116 Å². The topological polar surface area (TPSA) is 44.0 Å². The average Bonchev–Trinajstić information content (AvgIpc) is 3.59. The second-order valence-corrected chi connectivity index (χ2v) is 15.4. The molecule has 0 spiro atoms. The molecular formula is C43H46N2O2Y6-2. The van der Waals surface area contributed by atoms with Gasteiger partial charge < -0.3 is 18.7 Å². The molecular weight excluding hydrogens is 1110 g/mol. The molecule has 8 rings (SSSR count). The van der Waals surface area contributed by atoms with Crippen molar-refractivity contribution in [2.45, 2.75) is 100 Å². The maximum atomic E-state index is 12.4. The Kier molecular flexibility index (Phi) is 21.5. The summed E-state index contributed by atoms with van der Waals surface area (Å²) in [5, 5.41) is 0. The third-order valence-corrected chi connectivity index (χ3v) is 11.1. The van der Waals surface area contributed by atoms with Gasteiger partial charge in [0.25, 0.3) is 0 Å². The fourth-order valence-corrected chi connectivity index (χ4v) is 8.69. The third kappa shape index (κ3) is 9.99. The summed E-state index contributed by atoms with van der Waals surface area (Å²) < 4.78 is 4.77. The van der Waals surface area contributed by atoms with Crippen LogP contribution >= 0.6 is 0 Å². The number of aromatic nitrogens is 2. The molecule has 10 heteroatoms. The number of aryl methyl sites for hydroxylation is 2. The molecule has 2 aliphatic carbocycles. The van der Waals surface area contributed by atoms with Gasteiger partial charge in [0.2, 0.25) is 0 Å². The molecule has 4 aromatic rings. The van der Waals surface area contributed by atoms with E-state index in [0.717, 1.165) is 59.6 Å². The van der Waals surface area contributed by atoms with Crippen LogP contribution in [0.3, 0.4) is 0 Å². The van der Waals surface area contributed by atoms with Crippen LogP contribution in [0.2, 0.25) is 0 Å². The molecule has 2 atom stereocenters. The molecule has 0 saturated carbocycles. The maximum absolute atomic E-state index is 12.4. The Bertz CT molecular complexity index is 2170. The first-order chi connectivity index (χ1) is 22.3. The van der Waals surface area contributed by atoms with Crippen molar-refractivity contribution >= 4 is 22.3 Å².